The van der Waals surface area contributed by atoms with E-state index in [1.54, 1.807) is 12.1 Å². The van der Waals surface area contributed by atoms with Gasteiger partial charge in [-0.1, -0.05) is 36.4 Å². The molecular weight excluding hydrogens is 426 g/mol. The Morgan fingerprint density at radius 2 is 1.97 bits per heavy atom. The van der Waals surface area contributed by atoms with Gasteiger partial charge in [0.25, 0.3) is 0 Å². The standard InChI is InChI=1S/C24H27N3O6/c1-24(2)31-14-17(33-24)13-30-16-8-9-18-19(10-16)20-11-26(21(18)22(25)28)23(29)27(20)32-12-15-6-4-3-5-7-15/h3-10,17,20-21H,11-14H2,1-2H3,(H2,25,28)/t17?,20-,21-/m1/s1. The van der Waals surface area contributed by atoms with Crippen LogP contribution >= 0.6 is 0 Å². The molecule has 5 rings (SSSR count). The van der Waals surface area contributed by atoms with E-state index in [0.29, 0.717) is 31.1 Å². The number of primary amides is 1. The number of benzene rings is 2. The lowest BCUT2D eigenvalue weighted by atomic mass is 9.90. The monoisotopic (exact) mass is 453 g/mol. The van der Waals surface area contributed by atoms with Gasteiger partial charge in [0, 0.05) is 0 Å². The van der Waals surface area contributed by atoms with Crippen molar-refractivity contribution in [1.29, 1.82) is 0 Å². The first-order valence-electron chi connectivity index (χ1n) is 11.0. The number of ether oxygens (including phenoxy) is 3. The molecule has 3 amide bonds. The van der Waals surface area contributed by atoms with Crippen LogP contribution in [0, 0.1) is 0 Å². The van der Waals surface area contributed by atoms with Gasteiger partial charge in [-0.15, -0.1) is 0 Å². The highest BCUT2D eigenvalue weighted by molar-refractivity contribution is 5.90. The van der Waals surface area contributed by atoms with Gasteiger partial charge in [0.1, 0.15) is 37.2 Å². The number of amides is 3. The zero-order valence-corrected chi connectivity index (χ0v) is 18.6. The number of carbonyl (C=O) groups excluding carboxylic acids is 2. The molecule has 1 unspecified atom stereocenters. The van der Waals surface area contributed by atoms with Gasteiger partial charge >= 0.3 is 6.03 Å². The van der Waals surface area contributed by atoms with Gasteiger partial charge in [0.2, 0.25) is 5.91 Å². The highest BCUT2D eigenvalue weighted by Gasteiger charge is 2.50. The fourth-order valence-electron chi connectivity index (χ4n) is 4.59. The van der Waals surface area contributed by atoms with Crippen LogP contribution < -0.4 is 10.5 Å². The summed E-state index contributed by atoms with van der Waals surface area (Å²) in [4.78, 5) is 32.8. The van der Waals surface area contributed by atoms with Crippen LogP contribution in [0.5, 0.6) is 5.75 Å². The molecule has 9 nitrogen and oxygen atoms in total. The van der Waals surface area contributed by atoms with Crippen molar-refractivity contribution < 1.29 is 28.6 Å². The van der Waals surface area contributed by atoms with Crippen LogP contribution in [0.4, 0.5) is 4.79 Å². The van der Waals surface area contributed by atoms with Crippen molar-refractivity contribution in [3.63, 3.8) is 0 Å². The summed E-state index contributed by atoms with van der Waals surface area (Å²) in [6.45, 7) is 5.05. The molecule has 0 spiro atoms. The summed E-state index contributed by atoms with van der Waals surface area (Å²) in [7, 11) is 0. The Morgan fingerprint density at radius 3 is 2.67 bits per heavy atom. The molecule has 0 radical (unpaired) electrons. The zero-order chi connectivity index (χ0) is 23.2. The molecule has 0 saturated carbocycles. The molecule has 3 atom stereocenters. The zero-order valence-electron chi connectivity index (χ0n) is 18.6. The molecule has 2 N–H and O–H groups in total. The molecule has 2 saturated heterocycles. The summed E-state index contributed by atoms with van der Waals surface area (Å²) in [5.74, 6) is -0.593. The van der Waals surface area contributed by atoms with Crippen LogP contribution in [0.1, 0.15) is 42.6 Å². The average Bonchev–Trinajstić information content (AvgIpc) is 3.28. The third-order valence-corrected chi connectivity index (χ3v) is 6.10. The lowest BCUT2D eigenvalue weighted by Gasteiger charge is -2.31. The normalized spacial score (nSPS) is 25.3. The maximum Gasteiger partial charge on any atom is 0.345 e. The number of nitrogens with zero attached hydrogens (tertiary/aromatic N) is 2. The van der Waals surface area contributed by atoms with Crippen LogP contribution in [0.2, 0.25) is 0 Å². The van der Waals surface area contributed by atoms with E-state index in [1.165, 1.54) is 9.96 Å². The van der Waals surface area contributed by atoms with E-state index in [4.69, 9.17) is 24.8 Å². The van der Waals surface area contributed by atoms with Gasteiger partial charge in [0.15, 0.2) is 5.79 Å². The lowest BCUT2D eigenvalue weighted by Crippen LogP contribution is -2.41. The number of hydrogen-bond donors (Lipinski definition) is 1. The van der Waals surface area contributed by atoms with Crippen LogP contribution in [-0.4, -0.2) is 53.6 Å². The highest BCUT2D eigenvalue weighted by atomic mass is 16.7. The van der Waals surface area contributed by atoms with Crippen LogP contribution in [-0.2, 0) is 25.7 Å². The number of hydroxylamine groups is 2. The topological polar surface area (TPSA) is 104 Å². The van der Waals surface area contributed by atoms with Crippen LogP contribution in [0.25, 0.3) is 0 Å². The molecule has 33 heavy (non-hydrogen) atoms. The summed E-state index contributed by atoms with van der Waals surface area (Å²) in [6.07, 6.45) is -0.177. The molecule has 0 aliphatic carbocycles. The van der Waals surface area contributed by atoms with Crippen molar-refractivity contribution in [1.82, 2.24) is 9.96 Å². The predicted octanol–water partition coefficient (Wildman–Crippen LogP) is 2.67. The smallest absolute Gasteiger partial charge is 0.345 e. The van der Waals surface area contributed by atoms with Crippen molar-refractivity contribution in [3.8, 4) is 5.75 Å². The number of nitrogens with two attached hydrogens (primary N) is 1. The predicted molar refractivity (Wildman–Crippen MR) is 117 cm³/mol. The summed E-state index contributed by atoms with van der Waals surface area (Å²) >= 11 is 0. The maximum atomic E-state index is 13.1. The van der Waals surface area contributed by atoms with Gasteiger partial charge < -0.3 is 24.8 Å². The van der Waals surface area contributed by atoms with E-state index >= 15 is 0 Å². The molecular formula is C24H27N3O6. The second-order valence-corrected chi connectivity index (χ2v) is 8.89. The van der Waals surface area contributed by atoms with Crippen molar-refractivity contribution in [2.45, 2.75) is 44.4 Å². The summed E-state index contributed by atoms with van der Waals surface area (Å²) in [5.41, 5.74) is 8.10. The van der Waals surface area contributed by atoms with E-state index in [1.807, 2.05) is 50.2 Å². The molecule has 3 aliphatic rings. The SMILES string of the molecule is CC1(C)OCC(COc2ccc3c(c2)[C@H]2CN(C(=O)N2OCc2ccccc2)[C@H]3C(N)=O)O1. The quantitative estimate of drug-likeness (QED) is 0.691. The Kier molecular flexibility index (Phi) is 5.48. The molecule has 2 fully saturated rings. The van der Waals surface area contributed by atoms with Gasteiger partial charge in [-0.3, -0.25) is 9.63 Å². The van der Waals surface area contributed by atoms with Crippen molar-refractivity contribution >= 4 is 11.9 Å². The van der Waals surface area contributed by atoms with E-state index in [0.717, 1.165) is 11.1 Å². The molecule has 0 aromatic heterocycles. The van der Waals surface area contributed by atoms with E-state index in [2.05, 4.69) is 0 Å². The van der Waals surface area contributed by atoms with Gasteiger partial charge in [-0.2, -0.15) is 5.06 Å². The molecule has 9 heteroatoms. The fraction of sp³-hybridized carbons (Fsp3) is 0.417. The Balaban J connectivity index is 1.38. The van der Waals surface area contributed by atoms with E-state index in [9.17, 15) is 9.59 Å². The van der Waals surface area contributed by atoms with Crippen molar-refractivity contribution in [2.75, 3.05) is 19.8 Å². The first-order valence-corrected chi connectivity index (χ1v) is 11.0. The van der Waals surface area contributed by atoms with Crippen molar-refractivity contribution in [3.05, 3.63) is 65.2 Å². The molecule has 2 bridgehead atoms. The van der Waals surface area contributed by atoms with Crippen molar-refractivity contribution in [2.24, 2.45) is 5.73 Å². The second-order valence-electron chi connectivity index (χ2n) is 8.89. The Bertz CT molecular complexity index is 1060. The van der Waals surface area contributed by atoms with Crippen LogP contribution in [0.3, 0.4) is 0 Å². The third kappa shape index (κ3) is 4.15. The first-order chi connectivity index (χ1) is 15.8. The number of rotatable bonds is 7. The van der Waals surface area contributed by atoms with Crippen LogP contribution in [0.15, 0.2) is 48.5 Å². The fourth-order valence-corrected chi connectivity index (χ4v) is 4.59. The minimum absolute atomic E-state index is 0.177. The Hall–Kier alpha value is -3.14. The summed E-state index contributed by atoms with van der Waals surface area (Å²) in [6, 6.07) is 13.4. The van der Waals surface area contributed by atoms with Gasteiger partial charge in [-0.05, 0) is 42.7 Å². The number of carbonyl (C=O) groups is 2. The average molecular weight is 453 g/mol. The molecule has 3 heterocycles. The first kappa shape index (κ1) is 21.7. The number of urea groups is 1. The number of hydrogen-bond acceptors (Lipinski definition) is 6. The molecule has 3 aliphatic heterocycles. The third-order valence-electron chi connectivity index (χ3n) is 6.10. The maximum absolute atomic E-state index is 13.1. The Labute approximate surface area is 191 Å². The van der Waals surface area contributed by atoms with Gasteiger partial charge in [0.05, 0.1) is 13.2 Å². The minimum atomic E-state index is -0.851. The number of fused-ring (bicyclic) bond motifs is 4. The highest BCUT2D eigenvalue weighted by Crippen LogP contribution is 2.45. The second kappa shape index (κ2) is 8.33. The van der Waals surface area contributed by atoms with Gasteiger partial charge in [-0.25, -0.2) is 4.79 Å². The summed E-state index contributed by atoms with van der Waals surface area (Å²) < 4.78 is 17.3. The van der Waals surface area contributed by atoms with E-state index in [-0.39, 0.29) is 24.8 Å². The molecule has 2 aromatic carbocycles. The van der Waals surface area contributed by atoms with E-state index < -0.39 is 17.7 Å². The lowest BCUT2D eigenvalue weighted by molar-refractivity contribution is -0.141. The minimum Gasteiger partial charge on any atom is -0.491 e. The Morgan fingerprint density at radius 1 is 1.18 bits per heavy atom. The summed E-state index contributed by atoms with van der Waals surface area (Å²) in [5, 5.41) is 1.34. The molecule has 174 valence electrons. The molecule has 2 aromatic rings. The largest absolute Gasteiger partial charge is 0.491 e.